The largest absolute Gasteiger partial charge is 0.478 e. The van der Waals surface area contributed by atoms with Gasteiger partial charge in [-0.05, 0) is 19.4 Å². The van der Waals surface area contributed by atoms with Gasteiger partial charge in [-0.3, -0.25) is 4.68 Å². The molecule has 5 nitrogen and oxygen atoms in total. The second kappa shape index (κ2) is 4.02. The van der Waals surface area contributed by atoms with E-state index in [2.05, 4.69) is 10.4 Å². The number of hydrogen-bond acceptors (Lipinski definition) is 3. The first kappa shape index (κ1) is 10.2. The SMILES string of the molecule is Cn1cc(C(=O)O)c([C@H]2CCCNC2)n1. The Balaban J connectivity index is 2.28. The van der Waals surface area contributed by atoms with Gasteiger partial charge in [0.15, 0.2) is 0 Å². The van der Waals surface area contributed by atoms with Crippen LogP contribution in [0.4, 0.5) is 0 Å². The van der Waals surface area contributed by atoms with Crippen LogP contribution in [0.15, 0.2) is 6.20 Å². The Kier molecular flexibility index (Phi) is 2.73. The standard InChI is InChI=1S/C10H15N3O2/c1-13-6-8(10(14)15)9(12-13)7-3-2-4-11-5-7/h6-7,11H,2-5H2,1H3,(H,14,15)/t7-/m0/s1. The van der Waals surface area contributed by atoms with E-state index in [4.69, 9.17) is 5.11 Å². The van der Waals surface area contributed by atoms with Gasteiger partial charge in [-0.2, -0.15) is 5.10 Å². The highest BCUT2D eigenvalue weighted by Gasteiger charge is 2.24. The lowest BCUT2D eigenvalue weighted by Crippen LogP contribution is -2.29. The molecular formula is C10H15N3O2. The fourth-order valence-electron chi connectivity index (χ4n) is 2.06. The van der Waals surface area contributed by atoms with Gasteiger partial charge in [0, 0.05) is 25.7 Å². The number of piperidine rings is 1. The van der Waals surface area contributed by atoms with Gasteiger partial charge in [0.2, 0.25) is 0 Å². The van der Waals surface area contributed by atoms with Crippen molar-refractivity contribution in [3.63, 3.8) is 0 Å². The number of carboxylic acids is 1. The smallest absolute Gasteiger partial charge is 0.339 e. The maximum atomic E-state index is 11.0. The molecule has 0 spiro atoms. The molecular weight excluding hydrogens is 194 g/mol. The summed E-state index contributed by atoms with van der Waals surface area (Å²) in [5.41, 5.74) is 1.06. The Bertz CT molecular complexity index is 367. The van der Waals surface area contributed by atoms with Crippen molar-refractivity contribution in [2.24, 2.45) is 7.05 Å². The molecule has 0 aliphatic carbocycles. The molecule has 0 aromatic carbocycles. The van der Waals surface area contributed by atoms with Crippen LogP contribution in [0.1, 0.15) is 34.8 Å². The van der Waals surface area contributed by atoms with Gasteiger partial charge in [-0.15, -0.1) is 0 Å². The Morgan fingerprint density at radius 1 is 1.73 bits per heavy atom. The van der Waals surface area contributed by atoms with Crippen molar-refractivity contribution in [2.45, 2.75) is 18.8 Å². The van der Waals surface area contributed by atoms with Crippen molar-refractivity contribution in [2.75, 3.05) is 13.1 Å². The van der Waals surface area contributed by atoms with Crippen molar-refractivity contribution in [3.8, 4) is 0 Å². The van der Waals surface area contributed by atoms with E-state index in [0.29, 0.717) is 5.56 Å². The molecule has 1 aliphatic rings. The summed E-state index contributed by atoms with van der Waals surface area (Å²) < 4.78 is 1.58. The van der Waals surface area contributed by atoms with E-state index in [1.807, 2.05) is 0 Å². The molecule has 0 radical (unpaired) electrons. The Hall–Kier alpha value is -1.36. The minimum Gasteiger partial charge on any atom is -0.478 e. The van der Waals surface area contributed by atoms with Crippen molar-refractivity contribution in [1.29, 1.82) is 0 Å². The number of aryl methyl sites for hydroxylation is 1. The number of nitrogens with one attached hydrogen (secondary N) is 1. The summed E-state index contributed by atoms with van der Waals surface area (Å²) in [4.78, 5) is 11.0. The van der Waals surface area contributed by atoms with Crippen LogP contribution in [0.25, 0.3) is 0 Å². The molecule has 1 atom stereocenters. The lowest BCUT2D eigenvalue weighted by molar-refractivity contribution is 0.0695. The molecule has 0 amide bonds. The predicted molar refractivity (Wildman–Crippen MR) is 55.0 cm³/mol. The molecule has 1 saturated heterocycles. The number of carbonyl (C=O) groups is 1. The summed E-state index contributed by atoms with van der Waals surface area (Å²) in [6.07, 6.45) is 3.68. The molecule has 1 aromatic rings. The van der Waals surface area contributed by atoms with Crippen LogP contribution in [0.2, 0.25) is 0 Å². The molecule has 0 bridgehead atoms. The van der Waals surface area contributed by atoms with E-state index in [0.717, 1.165) is 31.6 Å². The van der Waals surface area contributed by atoms with Crippen molar-refractivity contribution < 1.29 is 9.90 Å². The first-order chi connectivity index (χ1) is 7.18. The van der Waals surface area contributed by atoms with Crippen LogP contribution in [0.3, 0.4) is 0 Å². The number of nitrogens with zero attached hydrogens (tertiary/aromatic N) is 2. The molecule has 5 heteroatoms. The second-order valence-electron chi connectivity index (χ2n) is 3.95. The summed E-state index contributed by atoms with van der Waals surface area (Å²) >= 11 is 0. The molecule has 15 heavy (non-hydrogen) atoms. The zero-order valence-corrected chi connectivity index (χ0v) is 8.73. The third-order valence-electron chi connectivity index (χ3n) is 2.77. The first-order valence-electron chi connectivity index (χ1n) is 5.16. The minimum atomic E-state index is -0.885. The van der Waals surface area contributed by atoms with E-state index in [1.165, 1.54) is 0 Å². The zero-order valence-electron chi connectivity index (χ0n) is 8.73. The zero-order chi connectivity index (χ0) is 10.8. The lowest BCUT2D eigenvalue weighted by atomic mass is 9.94. The van der Waals surface area contributed by atoms with Crippen LogP contribution in [0, 0.1) is 0 Å². The molecule has 2 N–H and O–H groups in total. The number of aromatic nitrogens is 2. The van der Waals surface area contributed by atoms with Gasteiger partial charge in [-0.25, -0.2) is 4.79 Å². The maximum absolute atomic E-state index is 11.0. The summed E-state index contributed by atoms with van der Waals surface area (Å²) in [5.74, 6) is -0.644. The maximum Gasteiger partial charge on any atom is 0.339 e. The van der Waals surface area contributed by atoms with Crippen LogP contribution in [-0.4, -0.2) is 33.9 Å². The fourth-order valence-corrected chi connectivity index (χ4v) is 2.06. The molecule has 1 aliphatic heterocycles. The number of carboxylic acid groups (broad SMARTS) is 1. The highest BCUT2D eigenvalue weighted by atomic mass is 16.4. The predicted octanol–water partition coefficient (Wildman–Crippen LogP) is 0.585. The Morgan fingerprint density at radius 2 is 2.53 bits per heavy atom. The summed E-state index contributed by atoms with van der Waals surface area (Å²) in [5, 5.41) is 16.6. The average Bonchev–Trinajstić information content (AvgIpc) is 2.62. The Labute approximate surface area is 88.1 Å². The van der Waals surface area contributed by atoms with E-state index < -0.39 is 5.97 Å². The van der Waals surface area contributed by atoms with Gasteiger partial charge in [-0.1, -0.05) is 0 Å². The minimum absolute atomic E-state index is 0.242. The number of aromatic carboxylic acids is 1. The number of rotatable bonds is 2. The topological polar surface area (TPSA) is 67.2 Å². The summed E-state index contributed by atoms with van der Waals surface area (Å²) in [6.45, 7) is 1.85. The number of hydrogen-bond donors (Lipinski definition) is 2. The highest BCUT2D eigenvalue weighted by molar-refractivity contribution is 5.88. The fraction of sp³-hybridized carbons (Fsp3) is 0.600. The quantitative estimate of drug-likeness (QED) is 0.748. The normalized spacial score (nSPS) is 21.5. The van der Waals surface area contributed by atoms with Gasteiger partial charge in [0.1, 0.15) is 5.56 Å². The second-order valence-corrected chi connectivity index (χ2v) is 3.95. The monoisotopic (exact) mass is 209 g/mol. The Morgan fingerprint density at radius 3 is 3.13 bits per heavy atom. The van der Waals surface area contributed by atoms with Gasteiger partial charge < -0.3 is 10.4 Å². The van der Waals surface area contributed by atoms with Gasteiger partial charge >= 0.3 is 5.97 Å². The van der Waals surface area contributed by atoms with Crippen molar-refractivity contribution >= 4 is 5.97 Å². The van der Waals surface area contributed by atoms with E-state index >= 15 is 0 Å². The molecule has 82 valence electrons. The van der Waals surface area contributed by atoms with E-state index in [-0.39, 0.29) is 5.92 Å². The average molecular weight is 209 g/mol. The van der Waals surface area contributed by atoms with Crippen LogP contribution in [0.5, 0.6) is 0 Å². The van der Waals surface area contributed by atoms with Gasteiger partial charge in [0.05, 0.1) is 5.69 Å². The van der Waals surface area contributed by atoms with E-state index in [1.54, 1.807) is 17.9 Å². The van der Waals surface area contributed by atoms with E-state index in [9.17, 15) is 4.79 Å². The third kappa shape index (κ3) is 2.02. The van der Waals surface area contributed by atoms with Gasteiger partial charge in [0.25, 0.3) is 0 Å². The summed E-state index contributed by atoms with van der Waals surface area (Å²) in [7, 11) is 1.76. The molecule has 0 unspecified atom stereocenters. The van der Waals surface area contributed by atoms with Crippen LogP contribution >= 0.6 is 0 Å². The molecule has 0 saturated carbocycles. The van der Waals surface area contributed by atoms with Crippen molar-refractivity contribution in [1.82, 2.24) is 15.1 Å². The molecule has 2 rings (SSSR count). The lowest BCUT2D eigenvalue weighted by Gasteiger charge is -2.21. The molecule has 1 aromatic heterocycles. The van der Waals surface area contributed by atoms with Crippen LogP contribution < -0.4 is 5.32 Å². The highest BCUT2D eigenvalue weighted by Crippen LogP contribution is 2.24. The molecule has 1 fully saturated rings. The van der Waals surface area contributed by atoms with Crippen LogP contribution in [-0.2, 0) is 7.05 Å². The molecule has 2 heterocycles. The third-order valence-corrected chi connectivity index (χ3v) is 2.77. The van der Waals surface area contributed by atoms with Crippen molar-refractivity contribution in [3.05, 3.63) is 17.5 Å². The first-order valence-corrected chi connectivity index (χ1v) is 5.16. The summed E-state index contributed by atoms with van der Waals surface area (Å²) in [6, 6.07) is 0.